The number of alkyl halides is 2. The van der Waals surface area contributed by atoms with E-state index in [1.54, 1.807) is 0 Å². The average molecular weight is 570 g/mol. The summed E-state index contributed by atoms with van der Waals surface area (Å²) in [5, 5.41) is 0. The maximum Gasteiger partial charge on any atom is 0.432 e. The Kier molecular flexibility index (Phi) is 9.92. The molecule has 13 heteroatoms. The summed E-state index contributed by atoms with van der Waals surface area (Å²) < 4.78 is 150. The topological polar surface area (TPSA) is 27.7 Å². The van der Waals surface area contributed by atoms with Gasteiger partial charge in [-0.25, -0.2) is 35.1 Å². The van der Waals surface area contributed by atoms with Gasteiger partial charge in [0.1, 0.15) is 34.4 Å². The number of ether oxygens (including phenoxy) is 3. The summed E-state index contributed by atoms with van der Waals surface area (Å²) in [6.07, 6.45) is -1.81. The van der Waals surface area contributed by atoms with Crippen molar-refractivity contribution in [2.45, 2.75) is 38.2 Å². The number of rotatable bonds is 13. The highest BCUT2D eigenvalue weighted by molar-refractivity contribution is 5.34. The van der Waals surface area contributed by atoms with E-state index in [9.17, 15) is 43.9 Å². The van der Waals surface area contributed by atoms with Crippen LogP contribution in [0.3, 0.4) is 0 Å². The van der Waals surface area contributed by atoms with Crippen LogP contribution in [0.15, 0.2) is 36.4 Å². The van der Waals surface area contributed by atoms with Gasteiger partial charge in [-0.15, -0.1) is 0 Å². The second-order valence-electron chi connectivity index (χ2n) is 8.25. The summed E-state index contributed by atoms with van der Waals surface area (Å²) in [5.74, 6) is -15.2. The third-order valence-corrected chi connectivity index (χ3v) is 5.29. The van der Waals surface area contributed by atoms with Gasteiger partial charge in [0.25, 0.3) is 0 Å². The SMILES string of the molecule is Fc1cc(OCCCCCCCOc2cc(F)c(C(F)(F)Oc3cc(F)c(F)c(F)c3)c(F)c2)cc(F)c1F. The van der Waals surface area contributed by atoms with Gasteiger partial charge >= 0.3 is 6.11 Å². The predicted octanol–water partition coefficient (Wildman–Crippen LogP) is 8.34. The molecule has 0 amide bonds. The molecule has 0 aliphatic rings. The van der Waals surface area contributed by atoms with E-state index in [1.807, 2.05) is 0 Å². The third kappa shape index (κ3) is 7.93. The zero-order valence-electron chi connectivity index (χ0n) is 19.9. The van der Waals surface area contributed by atoms with Crippen molar-refractivity contribution >= 4 is 0 Å². The Labute approximate surface area is 215 Å². The van der Waals surface area contributed by atoms with E-state index in [0.717, 1.165) is 12.1 Å². The molecule has 3 rings (SSSR count). The van der Waals surface area contributed by atoms with Gasteiger partial charge in [-0.3, -0.25) is 0 Å². The minimum Gasteiger partial charge on any atom is -0.493 e. The van der Waals surface area contributed by atoms with Crippen LogP contribution in [0.2, 0.25) is 0 Å². The number of halogens is 10. The van der Waals surface area contributed by atoms with Crippen LogP contribution < -0.4 is 14.2 Å². The molecule has 212 valence electrons. The van der Waals surface area contributed by atoms with Crippen LogP contribution in [0.25, 0.3) is 0 Å². The van der Waals surface area contributed by atoms with Crippen molar-refractivity contribution in [2.75, 3.05) is 13.2 Å². The van der Waals surface area contributed by atoms with Crippen LogP contribution in [-0.2, 0) is 6.11 Å². The molecule has 0 aliphatic carbocycles. The predicted molar refractivity (Wildman–Crippen MR) is 118 cm³/mol. The first-order valence-electron chi connectivity index (χ1n) is 11.5. The first-order chi connectivity index (χ1) is 18.4. The zero-order valence-corrected chi connectivity index (χ0v) is 19.9. The van der Waals surface area contributed by atoms with Gasteiger partial charge in [0.2, 0.25) is 0 Å². The zero-order chi connectivity index (χ0) is 28.7. The number of unbranched alkanes of at least 4 members (excludes halogenated alkanes) is 4. The summed E-state index contributed by atoms with van der Waals surface area (Å²) in [7, 11) is 0. The maximum atomic E-state index is 14.3. The molecular formula is C26H20F10O3. The quantitative estimate of drug-likeness (QED) is 0.118. The van der Waals surface area contributed by atoms with Crippen molar-refractivity contribution in [1.29, 1.82) is 0 Å². The van der Waals surface area contributed by atoms with Crippen molar-refractivity contribution in [3.63, 3.8) is 0 Å². The van der Waals surface area contributed by atoms with Gasteiger partial charge in [-0.1, -0.05) is 19.3 Å². The Hall–Kier alpha value is -3.64. The fourth-order valence-corrected chi connectivity index (χ4v) is 3.43. The molecule has 0 saturated carbocycles. The minimum atomic E-state index is -4.70. The van der Waals surface area contributed by atoms with E-state index in [4.69, 9.17) is 9.47 Å². The lowest BCUT2D eigenvalue weighted by Gasteiger charge is -2.20. The lowest BCUT2D eigenvalue weighted by atomic mass is 10.1. The average Bonchev–Trinajstić information content (AvgIpc) is 2.83. The largest absolute Gasteiger partial charge is 0.493 e. The minimum absolute atomic E-state index is 0.0100. The van der Waals surface area contributed by atoms with Crippen LogP contribution in [-0.4, -0.2) is 13.2 Å². The summed E-state index contributed by atoms with van der Waals surface area (Å²) >= 11 is 0. The molecule has 0 saturated heterocycles. The molecule has 3 aromatic rings. The van der Waals surface area contributed by atoms with Gasteiger partial charge < -0.3 is 14.2 Å². The van der Waals surface area contributed by atoms with E-state index in [0.29, 0.717) is 44.2 Å². The molecule has 0 heterocycles. The third-order valence-electron chi connectivity index (χ3n) is 5.29. The Bertz CT molecular complexity index is 1230. The van der Waals surface area contributed by atoms with Crippen LogP contribution in [0.1, 0.15) is 37.7 Å². The Balaban J connectivity index is 1.42. The van der Waals surface area contributed by atoms with Gasteiger partial charge in [-0.05, 0) is 12.8 Å². The maximum absolute atomic E-state index is 14.3. The number of hydrogen-bond donors (Lipinski definition) is 0. The second kappa shape index (κ2) is 12.9. The molecule has 3 nitrogen and oxygen atoms in total. The standard InChI is InChI=1S/C26H20F10O3/c27-17-8-14(9-18(28)23(17)26(35,36)39-16-12-21(31)25(34)22(32)13-16)37-6-4-2-1-3-5-7-38-15-10-19(29)24(33)20(30)11-15/h8-13H,1-7H2. The number of benzene rings is 3. The van der Waals surface area contributed by atoms with Crippen molar-refractivity contribution in [3.05, 3.63) is 88.5 Å². The summed E-state index contributed by atoms with van der Waals surface area (Å²) in [6, 6.07) is 2.63. The molecule has 0 atom stereocenters. The molecule has 0 bridgehead atoms. The molecule has 0 N–H and O–H groups in total. The van der Waals surface area contributed by atoms with Crippen LogP contribution in [0.4, 0.5) is 43.9 Å². The van der Waals surface area contributed by atoms with Crippen molar-refractivity contribution in [1.82, 2.24) is 0 Å². The highest BCUT2D eigenvalue weighted by Crippen LogP contribution is 2.37. The normalized spacial score (nSPS) is 11.5. The van der Waals surface area contributed by atoms with Crippen LogP contribution >= 0.6 is 0 Å². The smallest absolute Gasteiger partial charge is 0.432 e. The Morgan fingerprint density at radius 1 is 0.462 bits per heavy atom. The fourth-order valence-electron chi connectivity index (χ4n) is 3.43. The van der Waals surface area contributed by atoms with Crippen LogP contribution in [0, 0.1) is 46.5 Å². The van der Waals surface area contributed by atoms with Crippen molar-refractivity contribution < 1.29 is 58.1 Å². The highest BCUT2D eigenvalue weighted by atomic mass is 19.3. The van der Waals surface area contributed by atoms with E-state index in [2.05, 4.69) is 4.74 Å². The lowest BCUT2D eigenvalue weighted by Crippen LogP contribution is -2.25. The van der Waals surface area contributed by atoms with Gasteiger partial charge in [0.15, 0.2) is 34.9 Å². The van der Waals surface area contributed by atoms with Gasteiger partial charge in [0.05, 0.1) is 13.2 Å². The van der Waals surface area contributed by atoms with Crippen LogP contribution in [0.5, 0.6) is 17.2 Å². The number of hydrogen-bond acceptors (Lipinski definition) is 3. The van der Waals surface area contributed by atoms with E-state index >= 15 is 0 Å². The fraction of sp³-hybridized carbons (Fsp3) is 0.308. The lowest BCUT2D eigenvalue weighted by molar-refractivity contribution is -0.189. The van der Waals surface area contributed by atoms with E-state index < -0.39 is 69.7 Å². The Morgan fingerprint density at radius 2 is 0.795 bits per heavy atom. The molecule has 0 radical (unpaired) electrons. The molecule has 0 spiro atoms. The summed E-state index contributed by atoms with van der Waals surface area (Å²) in [4.78, 5) is 0. The molecule has 3 aromatic carbocycles. The molecule has 0 unspecified atom stereocenters. The summed E-state index contributed by atoms with van der Waals surface area (Å²) in [5.41, 5.74) is -1.84. The molecule has 39 heavy (non-hydrogen) atoms. The highest BCUT2D eigenvalue weighted by Gasteiger charge is 2.41. The van der Waals surface area contributed by atoms with Crippen molar-refractivity contribution in [2.24, 2.45) is 0 Å². The second-order valence-corrected chi connectivity index (χ2v) is 8.25. The van der Waals surface area contributed by atoms with E-state index in [1.165, 1.54) is 0 Å². The molecule has 0 aromatic heterocycles. The monoisotopic (exact) mass is 570 g/mol. The molecule has 0 aliphatic heterocycles. The molecule has 0 fully saturated rings. The van der Waals surface area contributed by atoms with Gasteiger partial charge in [-0.2, -0.15) is 8.78 Å². The van der Waals surface area contributed by atoms with Gasteiger partial charge in [0, 0.05) is 36.4 Å². The Morgan fingerprint density at radius 3 is 1.21 bits per heavy atom. The van der Waals surface area contributed by atoms with E-state index in [-0.39, 0.29) is 31.1 Å². The first-order valence-corrected chi connectivity index (χ1v) is 11.5. The molecular weight excluding hydrogens is 550 g/mol. The first kappa shape index (κ1) is 29.9. The van der Waals surface area contributed by atoms with Crippen molar-refractivity contribution in [3.8, 4) is 17.2 Å². The summed E-state index contributed by atoms with van der Waals surface area (Å²) in [6.45, 7) is 0.120.